The SMILES string of the molecule is I.NC(=NCCCCOCc1ccccc1)NC1CCCCCC1. The molecular weight excluding hydrogens is 413 g/mol. The molecule has 0 heterocycles. The van der Waals surface area contributed by atoms with Gasteiger partial charge in [-0.1, -0.05) is 56.0 Å². The van der Waals surface area contributed by atoms with Gasteiger partial charge in [0.15, 0.2) is 5.96 Å². The highest BCUT2D eigenvalue weighted by molar-refractivity contribution is 14.0. The first kappa shape index (κ1) is 21.2. The molecule has 0 bridgehead atoms. The smallest absolute Gasteiger partial charge is 0.188 e. The molecule has 0 radical (unpaired) electrons. The molecule has 0 atom stereocenters. The highest BCUT2D eigenvalue weighted by atomic mass is 127. The van der Waals surface area contributed by atoms with E-state index in [4.69, 9.17) is 10.5 Å². The number of aliphatic imine (C=N–C) groups is 1. The third-order valence-corrected chi connectivity index (χ3v) is 4.30. The van der Waals surface area contributed by atoms with Crippen LogP contribution in [0.3, 0.4) is 0 Å². The van der Waals surface area contributed by atoms with Gasteiger partial charge in [-0.25, -0.2) is 0 Å². The second-order valence-electron chi connectivity index (χ2n) is 6.35. The number of ether oxygens (including phenoxy) is 1. The normalized spacial score (nSPS) is 16.2. The lowest BCUT2D eigenvalue weighted by Gasteiger charge is -2.16. The summed E-state index contributed by atoms with van der Waals surface area (Å²) < 4.78 is 5.67. The van der Waals surface area contributed by atoms with E-state index in [1.807, 2.05) is 18.2 Å². The highest BCUT2D eigenvalue weighted by Crippen LogP contribution is 2.16. The van der Waals surface area contributed by atoms with Crippen molar-refractivity contribution in [2.24, 2.45) is 10.7 Å². The second kappa shape index (κ2) is 13.5. The van der Waals surface area contributed by atoms with Gasteiger partial charge in [0.2, 0.25) is 0 Å². The third-order valence-electron chi connectivity index (χ3n) is 4.30. The van der Waals surface area contributed by atoms with E-state index in [1.54, 1.807) is 0 Å². The van der Waals surface area contributed by atoms with Gasteiger partial charge in [0.1, 0.15) is 0 Å². The van der Waals surface area contributed by atoms with E-state index in [-0.39, 0.29) is 24.0 Å². The molecule has 1 fully saturated rings. The van der Waals surface area contributed by atoms with Crippen molar-refractivity contribution in [2.75, 3.05) is 13.2 Å². The number of nitrogens with zero attached hydrogens (tertiary/aromatic N) is 1. The number of rotatable bonds is 8. The van der Waals surface area contributed by atoms with Crippen LogP contribution < -0.4 is 11.1 Å². The first-order valence-corrected chi connectivity index (χ1v) is 9.03. The first-order valence-electron chi connectivity index (χ1n) is 9.03. The van der Waals surface area contributed by atoms with Crippen molar-refractivity contribution in [1.29, 1.82) is 0 Å². The van der Waals surface area contributed by atoms with Crippen molar-refractivity contribution in [1.82, 2.24) is 5.32 Å². The fourth-order valence-electron chi connectivity index (χ4n) is 2.96. The maximum absolute atomic E-state index is 5.98. The fraction of sp³-hybridized carbons (Fsp3) is 0.632. The van der Waals surface area contributed by atoms with Crippen molar-refractivity contribution in [3.63, 3.8) is 0 Å². The van der Waals surface area contributed by atoms with Crippen LogP contribution in [0.15, 0.2) is 35.3 Å². The number of nitrogens with two attached hydrogens (primary N) is 1. The van der Waals surface area contributed by atoms with E-state index < -0.39 is 0 Å². The second-order valence-corrected chi connectivity index (χ2v) is 6.35. The maximum Gasteiger partial charge on any atom is 0.188 e. The lowest BCUT2D eigenvalue weighted by molar-refractivity contribution is 0.117. The summed E-state index contributed by atoms with van der Waals surface area (Å²) in [5.41, 5.74) is 7.20. The van der Waals surface area contributed by atoms with Gasteiger partial charge in [0.05, 0.1) is 6.61 Å². The Morgan fingerprint density at radius 2 is 1.79 bits per heavy atom. The van der Waals surface area contributed by atoms with Gasteiger partial charge >= 0.3 is 0 Å². The number of nitrogens with one attached hydrogen (secondary N) is 1. The Morgan fingerprint density at radius 1 is 1.08 bits per heavy atom. The molecule has 0 spiro atoms. The number of hydrogen-bond donors (Lipinski definition) is 2. The van der Waals surface area contributed by atoms with Crippen LogP contribution in [-0.2, 0) is 11.3 Å². The highest BCUT2D eigenvalue weighted by Gasteiger charge is 2.11. The minimum atomic E-state index is 0. The molecule has 1 aromatic carbocycles. The Balaban J connectivity index is 0.00000288. The molecule has 1 aliphatic rings. The quantitative estimate of drug-likeness (QED) is 0.207. The molecule has 0 aliphatic heterocycles. The van der Waals surface area contributed by atoms with Crippen LogP contribution in [0.25, 0.3) is 0 Å². The van der Waals surface area contributed by atoms with Crippen molar-refractivity contribution >= 4 is 29.9 Å². The minimum absolute atomic E-state index is 0. The van der Waals surface area contributed by atoms with E-state index in [9.17, 15) is 0 Å². The summed E-state index contributed by atoms with van der Waals surface area (Å²) in [6, 6.07) is 10.8. The molecule has 24 heavy (non-hydrogen) atoms. The molecule has 0 unspecified atom stereocenters. The molecule has 0 aromatic heterocycles. The van der Waals surface area contributed by atoms with E-state index in [2.05, 4.69) is 22.4 Å². The van der Waals surface area contributed by atoms with Gasteiger partial charge in [0.25, 0.3) is 0 Å². The topological polar surface area (TPSA) is 59.6 Å². The van der Waals surface area contributed by atoms with Crippen LogP contribution in [0, 0.1) is 0 Å². The lowest BCUT2D eigenvalue weighted by atomic mass is 10.1. The third kappa shape index (κ3) is 9.47. The van der Waals surface area contributed by atoms with E-state index in [0.717, 1.165) is 26.0 Å². The fourth-order valence-corrected chi connectivity index (χ4v) is 2.96. The zero-order valence-electron chi connectivity index (χ0n) is 14.6. The van der Waals surface area contributed by atoms with E-state index in [0.29, 0.717) is 18.6 Å². The molecular formula is C19H32IN3O. The van der Waals surface area contributed by atoms with Crippen LogP contribution >= 0.6 is 24.0 Å². The molecule has 136 valence electrons. The van der Waals surface area contributed by atoms with Gasteiger partial charge in [-0.05, 0) is 31.2 Å². The van der Waals surface area contributed by atoms with Crippen molar-refractivity contribution in [2.45, 2.75) is 64.0 Å². The van der Waals surface area contributed by atoms with Gasteiger partial charge in [-0.2, -0.15) is 0 Å². The number of benzene rings is 1. The molecule has 5 heteroatoms. The number of hydrogen-bond acceptors (Lipinski definition) is 2. The monoisotopic (exact) mass is 445 g/mol. The average molecular weight is 445 g/mol. The molecule has 1 aromatic rings. The zero-order valence-corrected chi connectivity index (χ0v) is 16.9. The molecule has 1 aliphatic carbocycles. The van der Waals surface area contributed by atoms with Gasteiger partial charge in [0, 0.05) is 19.2 Å². The number of unbranched alkanes of at least 4 members (excludes halogenated alkanes) is 1. The summed E-state index contributed by atoms with van der Waals surface area (Å²) in [5, 5.41) is 3.38. The van der Waals surface area contributed by atoms with Crippen molar-refractivity contribution < 1.29 is 4.74 Å². The Morgan fingerprint density at radius 3 is 2.50 bits per heavy atom. The predicted octanol–water partition coefficient (Wildman–Crippen LogP) is 4.23. The van der Waals surface area contributed by atoms with Crippen molar-refractivity contribution in [3.8, 4) is 0 Å². The van der Waals surface area contributed by atoms with Crippen LogP contribution in [0.4, 0.5) is 0 Å². The molecule has 0 saturated heterocycles. The van der Waals surface area contributed by atoms with E-state index in [1.165, 1.54) is 44.1 Å². The lowest BCUT2D eigenvalue weighted by Crippen LogP contribution is -2.39. The van der Waals surface area contributed by atoms with Gasteiger partial charge < -0.3 is 15.8 Å². The molecule has 2 rings (SSSR count). The predicted molar refractivity (Wildman–Crippen MR) is 112 cm³/mol. The summed E-state index contributed by atoms with van der Waals surface area (Å²) >= 11 is 0. The van der Waals surface area contributed by atoms with Gasteiger partial charge in [-0.15, -0.1) is 24.0 Å². The average Bonchev–Trinajstić information content (AvgIpc) is 2.83. The summed E-state index contributed by atoms with van der Waals surface area (Å²) in [6.07, 6.45) is 9.83. The van der Waals surface area contributed by atoms with E-state index >= 15 is 0 Å². The Bertz CT molecular complexity index is 445. The molecule has 3 N–H and O–H groups in total. The van der Waals surface area contributed by atoms with Gasteiger partial charge in [-0.3, -0.25) is 4.99 Å². The van der Waals surface area contributed by atoms with Crippen molar-refractivity contribution in [3.05, 3.63) is 35.9 Å². The first-order chi connectivity index (χ1) is 11.3. The minimum Gasteiger partial charge on any atom is -0.377 e. The largest absolute Gasteiger partial charge is 0.377 e. The Labute approximate surface area is 163 Å². The standard InChI is InChI=1S/C19H31N3O.HI/c20-19(22-18-12-6-1-2-7-13-18)21-14-8-9-15-23-16-17-10-4-3-5-11-17;/h3-5,10-11,18H,1-2,6-9,12-16H2,(H3,20,21,22);1H. The summed E-state index contributed by atoms with van der Waals surface area (Å²) in [6.45, 7) is 2.25. The number of guanidine groups is 1. The Kier molecular flexibility index (Phi) is 11.9. The zero-order chi connectivity index (χ0) is 16.2. The molecule has 0 amide bonds. The van der Waals surface area contributed by atoms with Crippen LogP contribution in [0.1, 0.15) is 56.9 Å². The van der Waals surface area contributed by atoms with Crippen LogP contribution in [-0.4, -0.2) is 25.2 Å². The summed E-state index contributed by atoms with van der Waals surface area (Å²) in [7, 11) is 0. The Hall–Kier alpha value is -0.820. The summed E-state index contributed by atoms with van der Waals surface area (Å²) in [5.74, 6) is 0.613. The molecule has 1 saturated carbocycles. The van der Waals surface area contributed by atoms with Crippen LogP contribution in [0.5, 0.6) is 0 Å². The summed E-state index contributed by atoms with van der Waals surface area (Å²) in [4.78, 5) is 4.43. The van der Waals surface area contributed by atoms with Crippen LogP contribution in [0.2, 0.25) is 0 Å². The molecule has 4 nitrogen and oxygen atoms in total. The maximum atomic E-state index is 5.98. The number of halogens is 1.